The third kappa shape index (κ3) is 2.73. The summed E-state index contributed by atoms with van der Waals surface area (Å²) in [6.07, 6.45) is 1.67. The number of rotatable bonds is 3. The van der Waals surface area contributed by atoms with Gasteiger partial charge in [0.15, 0.2) is 5.69 Å². The zero-order valence-electron chi connectivity index (χ0n) is 11.1. The zero-order chi connectivity index (χ0) is 13.8. The lowest BCUT2D eigenvalue weighted by atomic mass is 10.0. The van der Waals surface area contributed by atoms with Crippen molar-refractivity contribution in [3.63, 3.8) is 0 Å². The summed E-state index contributed by atoms with van der Waals surface area (Å²) in [5.41, 5.74) is 3.11. The van der Waals surface area contributed by atoms with Gasteiger partial charge in [0.05, 0.1) is 14.2 Å². The monoisotopic (exact) mass is 257 g/mol. The molecule has 0 unspecified atom stereocenters. The lowest BCUT2D eigenvalue weighted by Gasteiger charge is -2.07. The first kappa shape index (κ1) is 13.1. The minimum absolute atomic E-state index is 0.347. The number of hydrogen-bond donors (Lipinski definition) is 0. The van der Waals surface area contributed by atoms with Gasteiger partial charge in [-0.1, -0.05) is 12.1 Å². The van der Waals surface area contributed by atoms with E-state index < -0.39 is 5.97 Å². The number of methoxy groups -OCH3 is 2. The van der Waals surface area contributed by atoms with Gasteiger partial charge in [0.25, 0.3) is 0 Å². The fourth-order valence-electron chi connectivity index (χ4n) is 1.83. The van der Waals surface area contributed by atoms with Crippen molar-refractivity contribution in [2.24, 2.45) is 0 Å². The van der Waals surface area contributed by atoms with Gasteiger partial charge in [-0.05, 0) is 36.2 Å². The molecule has 0 aliphatic rings. The van der Waals surface area contributed by atoms with E-state index in [4.69, 9.17) is 4.74 Å². The van der Waals surface area contributed by atoms with Crippen molar-refractivity contribution in [2.75, 3.05) is 14.2 Å². The van der Waals surface area contributed by atoms with Gasteiger partial charge in [-0.2, -0.15) is 0 Å². The fraction of sp³-hybridized carbons (Fsp3) is 0.200. The van der Waals surface area contributed by atoms with Gasteiger partial charge in [0.1, 0.15) is 5.75 Å². The molecule has 0 aliphatic heterocycles. The highest BCUT2D eigenvalue weighted by Gasteiger charge is 2.11. The number of ether oxygens (including phenoxy) is 2. The van der Waals surface area contributed by atoms with Crippen molar-refractivity contribution in [1.82, 2.24) is 4.98 Å². The van der Waals surface area contributed by atoms with E-state index in [0.717, 1.165) is 22.4 Å². The Morgan fingerprint density at radius 1 is 1.11 bits per heavy atom. The lowest BCUT2D eigenvalue weighted by molar-refractivity contribution is 0.0593. The van der Waals surface area contributed by atoms with Crippen LogP contribution in [-0.4, -0.2) is 25.2 Å². The summed E-state index contributed by atoms with van der Waals surface area (Å²) in [5.74, 6) is 0.387. The molecule has 0 amide bonds. The van der Waals surface area contributed by atoms with Crippen molar-refractivity contribution >= 4 is 5.97 Å². The van der Waals surface area contributed by atoms with Crippen molar-refractivity contribution in [3.05, 3.63) is 47.8 Å². The summed E-state index contributed by atoms with van der Waals surface area (Å²) >= 11 is 0. The number of esters is 1. The maximum absolute atomic E-state index is 11.5. The molecule has 0 radical (unpaired) electrons. The number of nitrogens with zero attached hydrogens (tertiary/aromatic N) is 1. The largest absolute Gasteiger partial charge is 0.497 e. The SMILES string of the molecule is COC(=O)c1ncc(-c2ccc(OC)cc2)cc1C. The topological polar surface area (TPSA) is 48.4 Å². The zero-order valence-corrected chi connectivity index (χ0v) is 11.1. The molecule has 0 atom stereocenters. The Bertz CT molecular complexity index is 591. The van der Waals surface area contributed by atoms with Crippen molar-refractivity contribution in [3.8, 4) is 16.9 Å². The maximum atomic E-state index is 11.5. The average Bonchev–Trinajstić information content (AvgIpc) is 2.46. The molecular weight excluding hydrogens is 242 g/mol. The molecule has 0 saturated heterocycles. The fourth-order valence-corrected chi connectivity index (χ4v) is 1.83. The second-order valence-corrected chi connectivity index (χ2v) is 4.11. The van der Waals surface area contributed by atoms with Gasteiger partial charge >= 0.3 is 5.97 Å². The molecule has 1 aromatic heterocycles. The van der Waals surface area contributed by atoms with Crippen molar-refractivity contribution in [1.29, 1.82) is 0 Å². The second kappa shape index (κ2) is 5.52. The molecule has 0 saturated carbocycles. The van der Waals surface area contributed by atoms with E-state index in [1.54, 1.807) is 13.3 Å². The van der Waals surface area contributed by atoms with Crippen LogP contribution in [0.2, 0.25) is 0 Å². The standard InChI is InChI=1S/C15H15NO3/c1-10-8-12(9-16-14(10)15(17)19-3)11-4-6-13(18-2)7-5-11/h4-9H,1-3H3. The highest BCUT2D eigenvalue weighted by Crippen LogP contribution is 2.23. The first-order valence-corrected chi connectivity index (χ1v) is 5.85. The van der Waals surface area contributed by atoms with Gasteiger partial charge in [-0.25, -0.2) is 9.78 Å². The summed E-state index contributed by atoms with van der Waals surface area (Å²) in [5, 5.41) is 0. The molecule has 98 valence electrons. The molecule has 4 heteroatoms. The lowest BCUT2D eigenvalue weighted by Crippen LogP contribution is -2.06. The maximum Gasteiger partial charge on any atom is 0.356 e. The third-order valence-corrected chi connectivity index (χ3v) is 2.88. The number of benzene rings is 1. The summed E-state index contributed by atoms with van der Waals surface area (Å²) in [6, 6.07) is 9.60. The quantitative estimate of drug-likeness (QED) is 0.793. The highest BCUT2D eigenvalue weighted by molar-refractivity contribution is 5.89. The molecule has 4 nitrogen and oxygen atoms in total. The van der Waals surface area contributed by atoms with Gasteiger partial charge in [-0.15, -0.1) is 0 Å². The van der Waals surface area contributed by atoms with Crippen LogP contribution in [0.25, 0.3) is 11.1 Å². The molecule has 0 N–H and O–H groups in total. The molecule has 2 aromatic rings. The van der Waals surface area contributed by atoms with Crippen LogP contribution in [0.1, 0.15) is 16.1 Å². The van der Waals surface area contributed by atoms with Crippen LogP contribution in [-0.2, 0) is 4.74 Å². The van der Waals surface area contributed by atoms with Crippen LogP contribution in [0, 0.1) is 6.92 Å². The molecule has 2 rings (SSSR count). The molecule has 1 heterocycles. The first-order valence-electron chi connectivity index (χ1n) is 5.85. The van der Waals surface area contributed by atoms with E-state index in [1.807, 2.05) is 37.3 Å². The Labute approximate surface area is 112 Å². The van der Waals surface area contributed by atoms with Crippen LogP contribution in [0.15, 0.2) is 36.5 Å². The van der Waals surface area contributed by atoms with E-state index in [2.05, 4.69) is 9.72 Å². The smallest absolute Gasteiger partial charge is 0.356 e. The van der Waals surface area contributed by atoms with E-state index in [1.165, 1.54) is 7.11 Å². The molecule has 1 aromatic carbocycles. The molecule has 0 fully saturated rings. The average molecular weight is 257 g/mol. The van der Waals surface area contributed by atoms with Crippen molar-refractivity contribution in [2.45, 2.75) is 6.92 Å². The van der Waals surface area contributed by atoms with E-state index in [9.17, 15) is 4.79 Å². The number of aryl methyl sites for hydroxylation is 1. The number of hydrogen-bond acceptors (Lipinski definition) is 4. The Hall–Kier alpha value is -2.36. The summed E-state index contributed by atoms with van der Waals surface area (Å²) < 4.78 is 9.79. The minimum Gasteiger partial charge on any atom is -0.497 e. The van der Waals surface area contributed by atoms with Crippen LogP contribution in [0.4, 0.5) is 0 Å². The van der Waals surface area contributed by atoms with Gasteiger partial charge in [0.2, 0.25) is 0 Å². The van der Waals surface area contributed by atoms with Gasteiger partial charge < -0.3 is 9.47 Å². The van der Waals surface area contributed by atoms with Crippen LogP contribution in [0.5, 0.6) is 5.75 Å². The molecular formula is C15H15NO3. The molecule has 19 heavy (non-hydrogen) atoms. The second-order valence-electron chi connectivity index (χ2n) is 4.11. The number of carbonyl (C=O) groups excluding carboxylic acids is 1. The Kier molecular flexibility index (Phi) is 3.80. The third-order valence-electron chi connectivity index (χ3n) is 2.88. The molecule has 0 spiro atoms. The van der Waals surface area contributed by atoms with Crippen molar-refractivity contribution < 1.29 is 14.3 Å². The Morgan fingerprint density at radius 2 is 1.79 bits per heavy atom. The minimum atomic E-state index is -0.418. The summed E-state index contributed by atoms with van der Waals surface area (Å²) in [6.45, 7) is 1.84. The van der Waals surface area contributed by atoms with Crippen LogP contribution in [0.3, 0.4) is 0 Å². The highest BCUT2D eigenvalue weighted by atomic mass is 16.5. The van der Waals surface area contributed by atoms with Gasteiger partial charge in [0, 0.05) is 11.8 Å². The summed E-state index contributed by atoms with van der Waals surface area (Å²) in [7, 11) is 2.98. The van der Waals surface area contributed by atoms with E-state index in [0.29, 0.717) is 5.69 Å². The first-order chi connectivity index (χ1) is 9.15. The predicted molar refractivity (Wildman–Crippen MR) is 72.3 cm³/mol. The molecule has 0 bridgehead atoms. The number of aromatic nitrogens is 1. The van der Waals surface area contributed by atoms with Crippen LogP contribution < -0.4 is 4.74 Å². The molecule has 0 aliphatic carbocycles. The van der Waals surface area contributed by atoms with E-state index in [-0.39, 0.29) is 0 Å². The Morgan fingerprint density at radius 3 is 2.32 bits per heavy atom. The summed E-state index contributed by atoms with van der Waals surface area (Å²) in [4.78, 5) is 15.6. The van der Waals surface area contributed by atoms with Gasteiger partial charge in [-0.3, -0.25) is 0 Å². The predicted octanol–water partition coefficient (Wildman–Crippen LogP) is 2.85. The number of pyridine rings is 1. The van der Waals surface area contributed by atoms with E-state index >= 15 is 0 Å². The van der Waals surface area contributed by atoms with Crippen LogP contribution >= 0.6 is 0 Å². The number of carbonyl (C=O) groups is 1. The normalized spacial score (nSPS) is 10.1. The Balaban J connectivity index is 2.35.